The summed E-state index contributed by atoms with van der Waals surface area (Å²) in [5.41, 5.74) is 5.65. The Kier molecular flexibility index (Phi) is 9.02. The van der Waals surface area contributed by atoms with E-state index in [0.29, 0.717) is 19.4 Å². The molecule has 0 spiro atoms. The normalized spacial score (nSPS) is 18.4. The molecule has 27 heavy (non-hydrogen) atoms. The summed E-state index contributed by atoms with van der Waals surface area (Å²) >= 11 is 3.96. The second kappa shape index (κ2) is 10.7. The summed E-state index contributed by atoms with van der Waals surface area (Å²) < 4.78 is 0. The molecule has 3 amide bonds. The molecule has 1 fully saturated rings. The van der Waals surface area contributed by atoms with Crippen LogP contribution < -0.4 is 16.4 Å². The number of thiol groups is 1. The van der Waals surface area contributed by atoms with Crippen LogP contribution in [0.4, 0.5) is 0 Å². The highest BCUT2D eigenvalue weighted by Gasteiger charge is 2.35. The largest absolute Gasteiger partial charge is 0.481 e. The van der Waals surface area contributed by atoms with Gasteiger partial charge in [-0.05, 0) is 19.3 Å². The molecule has 1 aliphatic rings. The first-order chi connectivity index (χ1) is 12.7. The molecule has 3 atom stereocenters. The third kappa shape index (κ3) is 7.06. The number of likely N-dealkylation sites (tertiary alicyclic amines) is 1. The Hall–Kier alpha value is -2.34. The van der Waals surface area contributed by atoms with Crippen molar-refractivity contribution in [3.8, 4) is 0 Å². The average Bonchev–Trinajstić information content (AvgIpc) is 3.11. The number of nitrogens with zero attached hydrogens (tertiary/aromatic N) is 1. The number of aliphatic carboxylic acids is 2. The predicted molar refractivity (Wildman–Crippen MR) is 96.0 cm³/mol. The molecule has 1 heterocycles. The van der Waals surface area contributed by atoms with Gasteiger partial charge in [-0.1, -0.05) is 0 Å². The van der Waals surface area contributed by atoms with E-state index < -0.39 is 60.8 Å². The zero-order valence-corrected chi connectivity index (χ0v) is 15.5. The van der Waals surface area contributed by atoms with Crippen molar-refractivity contribution in [3.05, 3.63) is 0 Å². The quantitative estimate of drug-likeness (QED) is 0.222. The third-order valence-corrected chi connectivity index (χ3v) is 4.45. The maximum absolute atomic E-state index is 12.3. The summed E-state index contributed by atoms with van der Waals surface area (Å²) in [4.78, 5) is 59.2. The molecule has 1 rings (SSSR count). The van der Waals surface area contributed by atoms with Gasteiger partial charge in [-0.15, -0.1) is 0 Å². The van der Waals surface area contributed by atoms with Crippen molar-refractivity contribution in [2.75, 3.05) is 18.8 Å². The van der Waals surface area contributed by atoms with Crippen molar-refractivity contribution in [1.29, 1.82) is 0 Å². The number of carbonyl (C=O) groups excluding carboxylic acids is 3. The van der Waals surface area contributed by atoms with Crippen LogP contribution in [0, 0.1) is 0 Å². The van der Waals surface area contributed by atoms with Gasteiger partial charge in [-0.25, -0.2) is 4.79 Å². The van der Waals surface area contributed by atoms with Crippen LogP contribution in [-0.4, -0.2) is 81.7 Å². The average molecular weight is 404 g/mol. The second-order valence-corrected chi connectivity index (χ2v) is 6.45. The maximum Gasteiger partial charge on any atom is 0.326 e. The molecule has 0 aromatic heterocycles. The van der Waals surface area contributed by atoms with Crippen LogP contribution in [0.1, 0.15) is 25.7 Å². The highest BCUT2D eigenvalue weighted by atomic mass is 32.1. The monoisotopic (exact) mass is 404 g/mol. The second-order valence-electron chi connectivity index (χ2n) is 6.09. The van der Waals surface area contributed by atoms with Crippen molar-refractivity contribution < 1.29 is 34.2 Å². The van der Waals surface area contributed by atoms with Crippen LogP contribution in [0.25, 0.3) is 0 Å². The Morgan fingerprint density at radius 3 is 2.44 bits per heavy atom. The predicted octanol–water partition coefficient (Wildman–Crippen LogP) is -2.22. The van der Waals surface area contributed by atoms with Gasteiger partial charge in [-0.2, -0.15) is 12.6 Å². The SMILES string of the molecule is NC(CS)C(=O)N1CCCC1C(=O)NCC(=O)NC(CCC(=O)O)C(=O)O. The summed E-state index contributed by atoms with van der Waals surface area (Å²) in [6.45, 7) is -0.117. The van der Waals surface area contributed by atoms with E-state index in [4.69, 9.17) is 15.9 Å². The van der Waals surface area contributed by atoms with E-state index in [1.807, 2.05) is 0 Å². The minimum absolute atomic E-state index is 0.138. The lowest BCUT2D eigenvalue weighted by Gasteiger charge is -2.26. The first kappa shape index (κ1) is 22.7. The number of carbonyl (C=O) groups is 5. The molecule has 0 aromatic carbocycles. The Bertz CT molecular complexity index is 601. The van der Waals surface area contributed by atoms with Crippen LogP contribution in [-0.2, 0) is 24.0 Å². The molecule has 6 N–H and O–H groups in total. The third-order valence-electron chi connectivity index (χ3n) is 4.06. The molecular formula is C15H24N4O7S. The molecule has 0 aromatic rings. The van der Waals surface area contributed by atoms with Gasteiger partial charge < -0.3 is 31.5 Å². The van der Waals surface area contributed by atoms with E-state index in [2.05, 4.69) is 23.3 Å². The highest BCUT2D eigenvalue weighted by Crippen LogP contribution is 2.18. The number of hydrogen-bond donors (Lipinski definition) is 6. The molecule has 11 nitrogen and oxygen atoms in total. The molecule has 0 radical (unpaired) electrons. The molecule has 3 unspecified atom stereocenters. The van der Waals surface area contributed by atoms with Crippen LogP contribution in [0.5, 0.6) is 0 Å². The van der Waals surface area contributed by atoms with E-state index in [1.165, 1.54) is 4.90 Å². The van der Waals surface area contributed by atoms with E-state index in [0.717, 1.165) is 0 Å². The molecule has 0 saturated carbocycles. The fraction of sp³-hybridized carbons (Fsp3) is 0.667. The highest BCUT2D eigenvalue weighted by molar-refractivity contribution is 7.80. The molecule has 0 aliphatic carbocycles. The topological polar surface area (TPSA) is 179 Å². The van der Waals surface area contributed by atoms with Gasteiger partial charge in [-0.3, -0.25) is 19.2 Å². The number of hydrogen-bond acceptors (Lipinski definition) is 7. The van der Waals surface area contributed by atoms with Crippen molar-refractivity contribution in [3.63, 3.8) is 0 Å². The van der Waals surface area contributed by atoms with Gasteiger partial charge in [0.25, 0.3) is 0 Å². The summed E-state index contributed by atoms with van der Waals surface area (Å²) in [5, 5.41) is 22.1. The zero-order valence-electron chi connectivity index (χ0n) is 14.6. The van der Waals surface area contributed by atoms with Crippen LogP contribution in [0.2, 0.25) is 0 Å². The van der Waals surface area contributed by atoms with Crippen molar-refractivity contribution in [2.45, 2.75) is 43.8 Å². The van der Waals surface area contributed by atoms with E-state index in [9.17, 15) is 24.0 Å². The number of rotatable bonds is 10. The van der Waals surface area contributed by atoms with Crippen LogP contribution in [0.15, 0.2) is 0 Å². The molecule has 12 heteroatoms. The smallest absolute Gasteiger partial charge is 0.326 e. The lowest BCUT2D eigenvalue weighted by Crippen LogP contribution is -2.53. The summed E-state index contributed by atoms with van der Waals surface area (Å²) in [6.07, 6.45) is 0.339. The number of nitrogens with one attached hydrogen (secondary N) is 2. The number of carboxylic acid groups (broad SMARTS) is 2. The lowest BCUT2D eigenvalue weighted by molar-refractivity contribution is -0.143. The number of amides is 3. The molecular weight excluding hydrogens is 380 g/mol. The Balaban J connectivity index is 2.54. The molecule has 152 valence electrons. The summed E-state index contributed by atoms with van der Waals surface area (Å²) in [5.74, 6) is -4.13. The van der Waals surface area contributed by atoms with Gasteiger partial charge in [0, 0.05) is 18.7 Å². The fourth-order valence-corrected chi connectivity index (χ4v) is 2.81. The van der Waals surface area contributed by atoms with Crippen molar-refractivity contribution in [2.24, 2.45) is 5.73 Å². The van der Waals surface area contributed by atoms with Crippen molar-refractivity contribution in [1.82, 2.24) is 15.5 Å². The van der Waals surface area contributed by atoms with Crippen molar-refractivity contribution >= 4 is 42.3 Å². The van der Waals surface area contributed by atoms with E-state index in [-0.39, 0.29) is 12.2 Å². The summed E-state index contributed by atoms with van der Waals surface area (Å²) in [6, 6.07) is -2.95. The van der Waals surface area contributed by atoms with Gasteiger partial charge >= 0.3 is 11.9 Å². The Morgan fingerprint density at radius 2 is 1.89 bits per heavy atom. The minimum Gasteiger partial charge on any atom is -0.481 e. The Labute approximate surface area is 161 Å². The fourth-order valence-electron chi connectivity index (χ4n) is 2.65. The van der Waals surface area contributed by atoms with Gasteiger partial charge in [0.2, 0.25) is 17.7 Å². The molecule has 1 aliphatic heterocycles. The molecule has 1 saturated heterocycles. The number of carboxylic acids is 2. The first-order valence-electron chi connectivity index (χ1n) is 8.36. The standard InChI is InChI=1S/C15H24N4O7S/c16-8(7-27)14(24)19-5-1-2-10(19)13(23)17-6-11(20)18-9(15(25)26)3-4-12(21)22/h8-10,27H,1-7,16H2,(H,17,23)(H,18,20)(H,21,22)(H,25,26). The maximum atomic E-state index is 12.3. The lowest BCUT2D eigenvalue weighted by atomic mass is 10.1. The Morgan fingerprint density at radius 1 is 1.22 bits per heavy atom. The van der Waals surface area contributed by atoms with E-state index in [1.54, 1.807) is 0 Å². The van der Waals surface area contributed by atoms with Gasteiger partial charge in [0.15, 0.2) is 0 Å². The molecule has 0 bridgehead atoms. The van der Waals surface area contributed by atoms with Crippen LogP contribution in [0.3, 0.4) is 0 Å². The van der Waals surface area contributed by atoms with Gasteiger partial charge in [0.05, 0.1) is 12.6 Å². The number of nitrogens with two attached hydrogens (primary N) is 1. The van der Waals surface area contributed by atoms with E-state index >= 15 is 0 Å². The van der Waals surface area contributed by atoms with Gasteiger partial charge in [0.1, 0.15) is 12.1 Å². The first-order valence-corrected chi connectivity index (χ1v) is 8.99. The zero-order chi connectivity index (χ0) is 20.6. The minimum atomic E-state index is -1.37. The van der Waals surface area contributed by atoms with Crippen LogP contribution >= 0.6 is 12.6 Å². The summed E-state index contributed by atoms with van der Waals surface area (Å²) in [7, 11) is 0.